The molecule has 1 unspecified atom stereocenters. The predicted molar refractivity (Wildman–Crippen MR) is 95.3 cm³/mol. The highest BCUT2D eigenvalue weighted by atomic mass is 35.5. The second kappa shape index (κ2) is 6.01. The molecule has 0 saturated carbocycles. The minimum absolute atomic E-state index is 0.147. The van der Waals surface area contributed by atoms with Crippen molar-refractivity contribution in [3.8, 4) is 0 Å². The monoisotopic (exact) mass is 329 g/mol. The zero-order valence-electron chi connectivity index (χ0n) is 13.7. The van der Waals surface area contributed by atoms with Crippen LogP contribution in [0.4, 0.5) is 4.39 Å². The summed E-state index contributed by atoms with van der Waals surface area (Å²) in [5, 5.41) is 3.72. The fraction of sp³-hybridized carbons (Fsp3) is 0.300. The van der Waals surface area contributed by atoms with Crippen molar-refractivity contribution in [2.75, 3.05) is 6.54 Å². The SMILES string of the molecule is CC(C)(C)c1ccc(C2C=C(c3c(F)cccc3Cl)NC2)cc1. The fourth-order valence-corrected chi connectivity index (χ4v) is 3.17. The summed E-state index contributed by atoms with van der Waals surface area (Å²) in [4.78, 5) is 0. The lowest BCUT2D eigenvalue weighted by Gasteiger charge is -2.19. The van der Waals surface area contributed by atoms with Crippen LogP contribution in [0.15, 0.2) is 48.5 Å². The molecule has 3 heteroatoms. The Morgan fingerprint density at radius 1 is 1.09 bits per heavy atom. The van der Waals surface area contributed by atoms with Crippen LogP contribution in [0.1, 0.15) is 43.4 Å². The molecule has 0 saturated heterocycles. The maximum atomic E-state index is 14.1. The first-order valence-electron chi connectivity index (χ1n) is 7.87. The number of halogens is 2. The summed E-state index contributed by atoms with van der Waals surface area (Å²) in [6.07, 6.45) is 2.07. The second-order valence-electron chi connectivity index (χ2n) is 7.04. The maximum Gasteiger partial charge on any atom is 0.133 e. The molecule has 1 N–H and O–H groups in total. The summed E-state index contributed by atoms with van der Waals surface area (Å²) >= 11 is 6.15. The molecule has 120 valence electrons. The first-order chi connectivity index (χ1) is 10.9. The van der Waals surface area contributed by atoms with Gasteiger partial charge in [-0.25, -0.2) is 4.39 Å². The third kappa shape index (κ3) is 3.28. The van der Waals surface area contributed by atoms with Gasteiger partial charge in [-0.15, -0.1) is 0 Å². The van der Waals surface area contributed by atoms with E-state index in [1.165, 1.54) is 17.2 Å². The van der Waals surface area contributed by atoms with Crippen LogP contribution in [-0.2, 0) is 5.41 Å². The molecule has 1 aliphatic rings. The van der Waals surface area contributed by atoms with Crippen LogP contribution in [0.25, 0.3) is 5.70 Å². The van der Waals surface area contributed by atoms with Gasteiger partial charge in [-0.1, -0.05) is 68.8 Å². The summed E-state index contributed by atoms with van der Waals surface area (Å²) in [7, 11) is 0. The van der Waals surface area contributed by atoms with Crippen molar-refractivity contribution >= 4 is 17.3 Å². The van der Waals surface area contributed by atoms with Crippen molar-refractivity contribution < 1.29 is 4.39 Å². The van der Waals surface area contributed by atoms with Gasteiger partial charge in [0.1, 0.15) is 5.82 Å². The lowest BCUT2D eigenvalue weighted by Crippen LogP contribution is -2.13. The second-order valence-corrected chi connectivity index (χ2v) is 7.44. The van der Waals surface area contributed by atoms with Gasteiger partial charge >= 0.3 is 0 Å². The molecule has 1 atom stereocenters. The van der Waals surface area contributed by atoms with Gasteiger partial charge in [0.2, 0.25) is 0 Å². The van der Waals surface area contributed by atoms with Crippen LogP contribution in [0.2, 0.25) is 5.02 Å². The molecule has 0 bridgehead atoms. The van der Waals surface area contributed by atoms with Gasteiger partial charge in [0, 0.05) is 18.2 Å². The highest BCUT2D eigenvalue weighted by Gasteiger charge is 2.22. The van der Waals surface area contributed by atoms with E-state index in [1.807, 2.05) is 0 Å². The molecule has 0 aromatic heterocycles. The molecule has 0 spiro atoms. The van der Waals surface area contributed by atoms with Crippen molar-refractivity contribution in [2.24, 2.45) is 0 Å². The smallest absolute Gasteiger partial charge is 0.133 e. The molecule has 0 radical (unpaired) electrons. The van der Waals surface area contributed by atoms with Gasteiger partial charge < -0.3 is 5.32 Å². The minimum atomic E-state index is -0.292. The zero-order chi connectivity index (χ0) is 16.6. The molecule has 3 rings (SSSR count). The van der Waals surface area contributed by atoms with E-state index in [2.05, 4.69) is 56.4 Å². The van der Waals surface area contributed by atoms with Crippen molar-refractivity contribution in [3.05, 3.63) is 76.1 Å². The van der Waals surface area contributed by atoms with Gasteiger partial charge in [-0.05, 0) is 28.7 Å². The highest BCUT2D eigenvalue weighted by molar-refractivity contribution is 6.32. The number of rotatable bonds is 2. The molecule has 2 aromatic rings. The molecule has 1 nitrogen and oxygen atoms in total. The predicted octanol–water partition coefficient (Wildman–Crippen LogP) is 5.50. The van der Waals surface area contributed by atoms with Gasteiger partial charge in [-0.2, -0.15) is 0 Å². The largest absolute Gasteiger partial charge is 0.384 e. The number of hydrogen-bond acceptors (Lipinski definition) is 1. The molecule has 1 aliphatic heterocycles. The number of nitrogens with one attached hydrogen (secondary N) is 1. The summed E-state index contributed by atoms with van der Waals surface area (Å²) in [6, 6.07) is 13.5. The Labute approximate surface area is 142 Å². The molecule has 2 aromatic carbocycles. The van der Waals surface area contributed by atoms with Crippen molar-refractivity contribution in [3.63, 3.8) is 0 Å². The third-order valence-electron chi connectivity index (χ3n) is 4.32. The standard InChI is InChI=1S/C20H21ClFN/c1-20(2,3)15-9-7-13(8-10-15)14-11-18(23-12-14)19-16(21)5-4-6-17(19)22/h4-11,14,23H,12H2,1-3H3. The van der Waals surface area contributed by atoms with Gasteiger partial charge in [0.05, 0.1) is 10.6 Å². The Balaban J connectivity index is 1.88. The summed E-state index contributed by atoms with van der Waals surface area (Å²) in [5.74, 6) is -0.0605. The topological polar surface area (TPSA) is 12.0 Å². The fourth-order valence-electron chi connectivity index (χ4n) is 2.91. The maximum absolute atomic E-state index is 14.1. The molecule has 0 amide bonds. The van der Waals surface area contributed by atoms with Gasteiger partial charge in [0.25, 0.3) is 0 Å². The number of benzene rings is 2. The van der Waals surface area contributed by atoms with Crippen LogP contribution in [0.3, 0.4) is 0 Å². The Morgan fingerprint density at radius 3 is 2.39 bits per heavy atom. The normalized spacial score (nSPS) is 17.8. The van der Waals surface area contributed by atoms with Crippen LogP contribution < -0.4 is 5.32 Å². The van der Waals surface area contributed by atoms with Crippen molar-refractivity contribution in [1.29, 1.82) is 0 Å². The van der Waals surface area contributed by atoms with Crippen molar-refractivity contribution in [1.82, 2.24) is 5.32 Å². The zero-order valence-corrected chi connectivity index (χ0v) is 14.4. The Bertz CT molecular complexity index is 721. The Kier molecular flexibility index (Phi) is 4.20. The van der Waals surface area contributed by atoms with Gasteiger partial charge in [-0.3, -0.25) is 0 Å². The molecule has 23 heavy (non-hydrogen) atoms. The van der Waals surface area contributed by atoms with Gasteiger partial charge in [0.15, 0.2) is 0 Å². The Morgan fingerprint density at radius 2 is 1.78 bits per heavy atom. The summed E-state index contributed by atoms with van der Waals surface area (Å²) in [5.41, 5.74) is 3.93. The lowest BCUT2D eigenvalue weighted by molar-refractivity contribution is 0.590. The molecule has 0 aliphatic carbocycles. The van der Waals surface area contributed by atoms with E-state index >= 15 is 0 Å². The molecular weight excluding hydrogens is 309 g/mol. The van der Waals surface area contributed by atoms with E-state index in [9.17, 15) is 4.39 Å². The molecule has 1 heterocycles. The number of hydrogen-bond donors (Lipinski definition) is 1. The van der Waals surface area contributed by atoms with Crippen LogP contribution >= 0.6 is 11.6 Å². The average Bonchev–Trinajstić information content (AvgIpc) is 2.96. The summed E-state index contributed by atoms with van der Waals surface area (Å²) in [6.45, 7) is 7.38. The van der Waals surface area contributed by atoms with E-state index in [1.54, 1.807) is 12.1 Å². The van der Waals surface area contributed by atoms with Crippen LogP contribution in [0.5, 0.6) is 0 Å². The molecular formula is C20H21ClFN. The van der Waals surface area contributed by atoms with E-state index in [0.29, 0.717) is 10.6 Å². The van der Waals surface area contributed by atoms with Crippen LogP contribution in [0, 0.1) is 5.82 Å². The first kappa shape index (κ1) is 16.1. The van der Waals surface area contributed by atoms with Crippen molar-refractivity contribution in [2.45, 2.75) is 32.1 Å². The quantitative estimate of drug-likeness (QED) is 0.766. The van der Waals surface area contributed by atoms with E-state index < -0.39 is 0 Å². The van der Waals surface area contributed by atoms with E-state index in [-0.39, 0.29) is 17.2 Å². The highest BCUT2D eigenvalue weighted by Crippen LogP contribution is 2.33. The molecule has 0 fully saturated rings. The van der Waals surface area contributed by atoms with E-state index in [0.717, 1.165) is 12.2 Å². The summed E-state index contributed by atoms with van der Waals surface area (Å²) < 4.78 is 14.1. The average molecular weight is 330 g/mol. The minimum Gasteiger partial charge on any atom is -0.384 e. The Hall–Kier alpha value is -1.80. The lowest BCUT2D eigenvalue weighted by atomic mass is 9.85. The first-order valence-corrected chi connectivity index (χ1v) is 8.24. The van der Waals surface area contributed by atoms with Crippen LogP contribution in [-0.4, -0.2) is 6.54 Å². The third-order valence-corrected chi connectivity index (χ3v) is 4.63. The van der Waals surface area contributed by atoms with E-state index in [4.69, 9.17) is 11.6 Å².